The summed E-state index contributed by atoms with van der Waals surface area (Å²) in [5.74, 6) is 0.524. The van der Waals surface area contributed by atoms with Gasteiger partial charge in [0, 0.05) is 35.8 Å². The molecule has 0 aliphatic carbocycles. The van der Waals surface area contributed by atoms with Crippen LogP contribution in [0.2, 0.25) is 5.02 Å². The van der Waals surface area contributed by atoms with Gasteiger partial charge in [-0.3, -0.25) is 4.79 Å². The van der Waals surface area contributed by atoms with E-state index in [2.05, 4.69) is 15.8 Å². The molecule has 1 aromatic heterocycles. The molecule has 1 amide bonds. The number of anilines is 1. The summed E-state index contributed by atoms with van der Waals surface area (Å²) in [6.07, 6.45) is 0.760. The minimum atomic E-state index is -0.268. The first-order valence-corrected chi connectivity index (χ1v) is 6.37. The molecule has 98 valence electrons. The van der Waals surface area contributed by atoms with Gasteiger partial charge < -0.3 is 15.2 Å². The summed E-state index contributed by atoms with van der Waals surface area (Å²) in [6.45, 7) is 1.46. The van der Waals surface area contributed by atoms with E-state index in [9.17, 15) is 4.79 Å². The molecule has 0 saturated carbocycles. The highest BCUT2D eigenvalue weighted by molar-refractivity contribution is 6.30. The average molecular weight is 278 g/mol. The maximum absolute atomic E-state index is 12.1. The van der Waals surface area contributed by atoms with Crippen LogP contribution < -0.4 is 10.6 Å². The maximum atomic E-state index is 12.1. The van der Waals surface area contributed by atoms with Gasteiger partial charge in [-0.2, -0.15) is 0 Å². The lowest BCUT2D eigenvalue weighted by atomic mass is 10.1. The molecule has 0 radical (unpaired) electrons. The van der Waals surface area contributed by atoms with E-state index >= 15 is 0 Å². The lowest BCUT2D eigenvalue weighted by Gasteiger charge is -2.11. The summed E-state index contributed by atoms with van der Waals surface area (Å²) in [4.78, 5) is 12.1. The van der Waals surface area contributed by atoms with E-state index in [1.807, 2.05) is 0 Å². The number of hydrogen-bond donors (Lipinski definition) is 2. The fraction of sp³-hybridized carbons (Fsp3) is 0.231. The summed E-state index contributed by atoms with van der Waals surface area (Å²) in [7, 11) is 0. The fourth-order valence-electron chi connectivity index (χ4n) is 2.04. The van der Waals surface area contributed by atoms with Crippen LogP contribution in [-0.2, 0) is 13.0 Å². The molecule has 5 nitrogen and oxygen atoms in total. The zero-order valence-corrected chi connectivity index (χ0v) is 10.8. The minimum Gasteiger partial charge on any atom is -0.360 e. The highest BCUT2D eigenvalue weighted by atomic mass is 35.5. The van der Waals surface area contributed by atoms with Crippen molar-refractivity contribution < 1.29 is 9.32 Å². The van der Waals surface area contributed by atoms with Crippen LogP contribution in [0, 0.1) is 0 Å². The second kappa shape index (κ2) is 5.03. The molecule has 19 heavy (non-hydrogen) atoms. The van der Waals surface area contributed by atoms with Crippen molar-refractivity contribution in [2.45, 2.75) is 13.0 Å². The van der Waals surface area contributed by atoms with Crippen molar-refractivity contribution >= 4 is 23.2 Å². The van der Waals surface area contributed by atoms with Gasteiger partial charge >= 0.3 is 0 Å². The molecule has 0 saturated heterocycles. The second-order valence-electron chi connectivity index (χ2n) is 4.32. The molecular weight excluding hydrogens is 266 g/mol. The SMILES string of the molecule is O=C(Nc1ccc(Cl)cc1)c1noc2c1CNCC2. The number of aromatic nitrogens is 1. The molecule has 0 bridgehead atoms. The first-order chi connectivity index (χ1) is 9.24. The quantitative estimate of drug-likeness (QED) is 0.883. The number of rotatable bonds is 2. The monoisotopic (exact) mass is 277 g/mol. The van der Waals surface area contributed by atoms with Gasteiger partial charge in [-0.25, -0.2) is 0 Å². The smallest absolute Gasteiger partial charge is 0.278 e. The average Bonchev–Trinajstić information content (AvgIpc) is 2.85. The van der Waals surface area contributed by atoms with Crippen LogP contribution in [0.25, 0.3) is 0 Å². The van der Waals surface area contributed by atoms with E-state index in [1.165, 1.54) is 0 Å². The Kier molecular flexibility index (Phi) is 3.23. The van der Waals surface area contributed by atoms with Crippen molar-refractivity contribution in [2.24, 2.45) is 0 Å². The van der Waals surface area contributed by atoms with Gasteiger partial charge in [-0.15, -0.1) is 0 Å². The molecular formula is C13H12ClN3O2. The van der Waals surface area contributed by atoms with E-state index in [0.29, 0.717) is 22.9 Å². The number of amides is 1. The third kappa shape index (κ3) is 2.47. The molecule has 0 spiro atoms. The van der Waals surface area contributed by atoms with Crippen LogP contribution in [-0.4, -0.2) is 17.6 Å². The molecule has 2 N–H and O–H groups in total. The van der Waals surface area contributed by atoms with Crippen LogP contribution in [0.3, 0.4) is 0 Å². The summed E-state index contributed by atoms with van der Waals surface area (Å²) < 4.78 is 5.19. The lowest BCUT2D eigenvalue weighted by molar-refractivity contribution is 0.101. The Labute approximate surface area is 114 Å². The molecule has 6 heteroatoms. The Bertz CT molecular complexity index is 607. The van der Waals surface area contributed by atoms with Gasteiger partial charge in [-0.05, 0) is 24.3 Å². The van der Waals surface area contributed by atoms with Crippen molar-refractivity contribution in [3.05, 3.63) is 46.3 Å². The van der Waals surface area contributed by atoms with Gasteiger partial charge in [0.25, 0.3) is 5.91 Å². The number of fused-ring (bicyclic) bond motifs is 1. The number of carbonyl (C=O) groups excluding carboxylic acids is 1. The highest BCUT2D eigenvalue weighted by Gasteiger charge is 2.23. The predicted octanol–water partition coefficient (Wildman–Crippen LogP) is 2.23. The molecule has 3 rings (SSSR count). The van der Waals surface area contributed by atoms with Crippen LogP contribution in [0.4, 0.5) is 5.69 Å². The molecule has 1 aliphatic rings. The molecule has 2 aromatic rings. The van der Waals surface area contributed by atoms with Crippen molar-refractivity contribution in [1.82, 2.24) is 10.5 Å². The van der Waals surface area contributed by atoms with Gasteiger partial charge in [0.05, 0.1) is 0 Å². The topological polar surface area (TPSA) is 67.2 Å². The van der Waals surface area contributed by atoms with Crippen LogP contribution in [0.1, 0.15) is 21.8 Å². The van der Waals surface area contributed by atoms with Crippen LogP contribution in [0.5, 0.6) is 0 Å². The predicted molar refractivity (Wildman–Crippen MR) is 71.3 cm³/mol. The Hall–Kier alpha value is -1.85. The summed E-state index contributed by atoms with van der Waals surface area (Å²) >= 11 is 5.79. The number of benzene rings is 1. The van der Waals surface area contributed by atoms with E-state index in [4.69, 9.17) is 16.1 Å². The Balaban J connectivity index is 1.80. The molecule has 2 heterocycles. The van der Waals surface area contributed by atoms with E-state index in [-0.39, 0.29) is 5.91 Å². The molecule has 0 unspecified atom stereocenters. The van der Waals surface area contributed by atoms with Gasteiger partial charge in [0.1, 0.15) is 5.76 Å². The van der Waals surface area contributed by atoms with Crippen molar-refractivity contribution in [1.29, 1.82) is 0 Å². The number of nitrogens with one attached hydrogen (secondary N) is 2. The van der Waals surface area contributed by atoms with E-state index < -0.39 is 0 Å². The largest absolute Gasteiger partial charge is 0.360 e. The third-order valence-corrected chi connectivity index (χ3v) is 3.27. The van der Waals surface area contributed by atoms with E-state index in [1.54, 1.807) is 24.3 Å². The summed E-state index contributed by atoms with van der Waals surface area (Å²) in [6, 6.07) is 6.92. The first kappa shape index (κ1) is 12.2. The molecule has 0 atom stereocenters. The van der Waals surface area contributed by atoms with E-state index in [0.717, 1.165) is 24.3 Å². The van der Waals surface area contributed by atoms with Crippen molar-refractivity contribution in [3.8, 4) is 0 Å². The zero-order chi connectivity index (χ0) is 13.2. The van der Waals surface area contributed by atoms with Crippen molar-refractivity contribution in [3.63, 3.8) is 0 Å². The van der Waals surface area contributed by atoms with Crippen molar-refractivity contribution in [2.75, 3.05) is 11.9 Å². The number of hydrogen-bond acceptors (Lipinski definition) is 4. The number of nitrogens with zero attached hydrogens (tertiary/aromatic N) is 1. The zero-order valence-electron chi connectivity index (χ0n) is 10.1. The first-order valence-electron chi connectivity index (χ1n) is 5.99. The minimum absolute atomic E-state index is 0.268. The molecule has 0 fully saturated rings. The molecule has 1 aliphatic heterocycles. The Morgan fingerprint density at radius 2 is 2.16 bits per heavy atom. The van der Waals surface area contributed by atoms with Gasteiger partial charge in [0.15, 0.2) is 5.69 Å². The fourth-order valence-corrected chi connectivity index (χ4v) is 2.17. The maximum Gasteiger partial charge on any atom is 0.278 e. The normalized spacial score (nSPS) is 13.9. The number of halogens is 1. The van der Waals surface area contributed by atoms with Gasteiger partial charge in [0.2, 0.25) is 0 Å². The van der Waals surface area contributed by atoms with Crippen LogP contribution >= 0.6 is 11.6 Å². The third-order valence-electron chi connectivity index (χ3n) is 3.02. The van der Waals surface area contributed by atoms with Gasteiger partial charge in [-0.1, -0.05) is 16.8 Å². The second-order valence-corrected chi connectivity index (χ2v) is 4.76. The summed E-state index contributed by atoms with van der Waals surface area (Å²) in [5.41, 5.74) is 1.87. The molecule has 1 aromatic carbocycles. The Morgan fingerprint density at radius 1 is 1.37 bits per heavy atom. The lowest BCUT2D eigenvalue weighted by Crippen LogP contribution is -2.25. The Morgan fingerprint density at radius 3 is 2.95 bits per heavy atom. The standard InChI is InChI=1S/C13H12ClN3O2/c14-8-1-3-9(4-2-8)16-13(18)12-10-7-15-6-5-11(10)19-17-12/h1-4,15H,5-7H2,(H,16,18). The highest BCUT2D eigenvalue weighted by Crippen LogP contribution is 2.20. The summed E-state index contributed by atoms with van der Waals surface area (Å²) in [5, 5.41) is 10.5. The number of carbonyl (C=O) groups is 1. The van der Waals surface area contributed by atoms with Crippen LogP contribution in [0.15, 0.2) is 28.8 Å².